The number of halogens is 9. The van der Waals surface area contributed by atoms with E-state index in [1.165, 1.54) is 11.8 Å². The first-order valence-corrected chi connectivity index (χ1v) is 8.68. The minimum Gasteiger partial charge on any atom is -0.339 e. The second-order valence-corrected chi connectivity index (χ2v) is 6.59. The average molecular weight is 429 g/mol. The number of carbonyl (C=O) groups excluding carboxylic acids is 1. The third-order valence-corrected chi connectivity index (χ3v) is 4.02. The van der Waals surface area contributed by atoms with Gasteiger partial charge in [0.1, 0.15) is 0 Å². The Balaban J connectivity index is 4.60. The Bertz CT molecular complexity index is 529. The maximum absolute atomic E-state index is 13.4. The molecule has 0 aliphatic carbocycles. The lowest BCUT2D eigenvalue weighted by molar-refractivity contribution is -0.396. The number of nitrogens with zero attached hydrogens (tertiary/aromatic N) is 1. The molecule has 0 heterocycles. The van der Waals surface area contributed by atoms with Gasteiger partial charge < -0.3 is 4.90 Å². The van der Waals surface area contributed by atoms with Crippen LogP contribution in [-0.2, 0) is 4.79 Å². The van der Waals surface area contributed by atoms with E-state index in [2.05, 4.69) is 6.58 Å². The largest absolute Gasteiger partial charge is 0.460 e. The summed E-state index contributed by atoms with van der Waals surface area (Å²) < 4.78 is 114. The van der Waals surface area contributed by atoms with E-state index in [9.17, 15) is 44.3 Å². The smallest absolute Gasteiger partial charge is 0.339 e. The molecule has 0 aliphatic rings. The predicted molar refractivity (Wildman–Crippen MR) is 85.7 cm³/mol. The summed E-state index contributed by atoms with van der Waals surface area (Å²) in [5.74, 6) is -19.2. The Labute approximate surface area is 157 Å². The van der Waals surface area contributed by atoms with Gasteiger partial charge >= 0.3 is 23.9 Å². The summed E-state index contributed by atoms with van der Waals surface area (Å²) >= 11 is 0. The second kappa shape index (κ2) is 9.87. The molecule has 0 bridgehead atoms. The Kier molecular flexibility index (Phi) is 9.37. The number of rotatable bonds is 12. The van der Waals surface area contributed by atoms with Gasteiger partial charge in [-0.1, -0.05) is 26.3 Å². The van der Waals surface area contributed by atoms with Crippen LogP contribution in [0.3, 0.4) is 0 Å². The third-order valence-electron chi connectivity index (χ3n) is 4.02. The van der Waals surface area contributed by atoms with Crippen molar-refractivity contribution in [2.75, 3.05) is 13.1 Å². The molecule has 0 spiro atoms. The van der Waals surface area contributed by atoms with Crippen molar-refractivity contribution in [3.8, 4) is 0 Å². The van der Waals surface area contributed by atoms with Crippen molar-refractivity contribution >= 4 is 5.91 Å². The van der Waals surface area contributed by atoms with Crippen molar-refractivity contribution in [3.05, 3.63) is 12.2 Å². The molecule has 1 amide bonds. The molecule has 0 aromatic heterocycles. The van der Waals surface area contributed by atoms with Crippen molar-refractivity contribution in [3.63, 3.8) is 0 Å². The molecule has 0 atom stereocenters. The van der Waals surface area contributed by atoms with Gasteiger partial charge in [0.25, 0.3) is 0 Å². The van der Waals surface area contributed by atoms with Crippen LogP contribution in [0.15, 0.2) is 12.2 Å². The van der Waals surface area contributed by atoms with Crippen molar-refractivity contribution < 1.29 is 44.3 Å². The average Bonchev–Trinajstić information content (AvgIpc) is 2.54. The fourth-order valence-electron chi connectivity index (χ4n) is 2.42. The maximum Gasteiger partial charge on any atom is 0.460 e. The van der Waals surface area contributed by atoms with E-state index in [1.54, 1.807) is 0 Å². The summed E-state index contributed by atoms with van der Waals surface area (Å²) in [6.45, 7) is 7.56. The van der Waals surface area contributed by atoms with Crippen LogP contribution in [0.25, 0.3) is 0 Å². The highest BCUT2D eigenvalue weighted by Crippen LogP contribution is 2.54. The minimum atomic E-state index is -6.84. The van der Waals surface area contributed by atoms with Crippen LogP contribution in [0.1, 0.15) is 52.4 Å². The first-order valence-electron chi connectivity index (χ1n) is 8.68. The molecule has 0 N–H and O–H groups in total. The lowest BCUT2D eigenvalue weighted by Crippen LogP contribution is -2.60. The minimum absolute atomic E-state index is 0.0928. The number of unbranched alkanes of at least 4 members (excludes halogenated alkanes) is 3. The van der Waals surface area contributed by atoms with Gasteiger partial charge in [-0.3, -0.25) is 4.79 Å². The van der Waals surface area contributed by atoms with Gasteiger partial charge in [0.05, 0.1) is 0 Å². The zero-order valence-corrected chi connectivity index (χ0v) is 15.6. The quantitative estimate of drug-likeness (QED) is 0.205. The van der Waals surface area contributed by atoms with Crippen LogP contribution < -0.4 is 0 Å². The highest BCUT2D eigenvalue weighted by Gasteiger charge is 2.81. The fourth-order valence-corrected chi connectivity index (χ4v) is 2.42. The number of alkyl halides is 9. The van der Waals surface area contributed by atoms with Crippen LogP contribution in [-0.4, -0.2) is 47.8 Å². The van der Waals surface area contributed by atoms with Gasteiger partial charge in [-0.15, -0.1) is 0 Å². The summed E-state index contributed by atoms with van der Waals surface area (Å²) in [7, 11) is 0. The van der Waals surface area contributed by atoms with E-state index in [0.717, 1.165) is 0 Å². The Morgan fingerprint density at radius 2 is 1.32 bits per heavy atom. The highest BCUT2D eigenvalue weighted by atomic mass is 19.4. The Morgan fingerprint density at radius 3 is 1.75 bits per heavy atom. The van der Waals surface area contributed by atoms with E-state index in [-0.39, 0.29) is 25.3 Å². The predicted octanol–water partition coefficient (Wildman–Crippen LogP) is 6.22. The SMILES string of the molecule is C=C(C)C(=O)N(CCC)CCCCCCC(F)(F)C(F)(F)C(F)(F)C(F)(F)F. The van der Waals surface area contributed by atoms with Crippen LogP contribution >= 0.6 is 0 Å². The molecule has 0 unspecified atom stereocenters. The molecule has 0 saturated carbocycles. The van der Waals surface area contributed by atoms with Crippen molar-refractivity contribution in [2.45, 2.75) is 76.3 Å². The lowest BCUT2D eigenvalue weighted by Gasteiger charge is -2.33. The second-order valence-electron chi connectivity index (χ2n) is 6.59. The van der Waals surface area contributed by atoms with Crippen LogP contribution in [0.2, 0.25) is 0 Å². The molecule has 2 nitrogen and oxygen atoms in total. The molecule has 11 heteroatoms. The summed E-state index contributed by atoms with van der Waals surface area (Å²) in [4.78, 5) is 13.3. The monoisotopic (exact) mass is 429 g/mol. The van der Waals surface area contributed by atoms with Gasteiger partial charge in [0.2, 0.25) is 5.91 Å². The lowest BCUT2D eigenvalue weighted by atomic mass is 9.98. The standard InChI is InChI=1S/C17H24F9NO/c1-4-10-27(13(28)12(2)3)11-8-6-5-7-9-14(18,19)15(20,21)16(22,23)17(24,25)26/h2,4-11H2,1,3H3. The molecular formula is C17H24F9NO. The molecule has 28 heavy (non-hydrogen) atoms. The summed E-state index contributed by atoms with van der Waals surface area (Å²) in [6.07, 6.45) is -8.16. The van der Waals surface area contributed by atoms with Crippen LogP contribution in [0, 0.1) is 0 Å². The summed E-state index contributed by atoms with van der Waals surface area (Å²) in [5, 5.41) is 0. The Morgan fingerprint density at radius 1 is 0.821 bits per heavy atom. The summed E-state index contributed by atoms with van der Waals surface area (Å²) in [6, 6.07) is 0. The van der Waals surface area contributed by atoms with Crippen molar-refractivity contribution in [1.82, 2.24) is 4.90 Å². The molecule has 166 valence electrons. The molecule has 0 fully saturated rings. The van der Waals surface area contributed by atoms with E-state index >= 15 is 0 Å². The Hall–Kier alpha value is -1.42. The fraction of sp³-hybridized carbons (Fsp3) is 0.824. The highest BCUT2D eigenvalue weighted by molar-refractivity contribution is 5.92. The molecular weight excluding hydrogens is 405 g/mol. The van der Waals surface area contributed by atoms with E-state index in [0.29, 0.717) is 25.0 Å². The summed E-state index contributed by atoms with van der Waals surface area (Å²) in [5.41, 5.74) is 0.306. The number of amides is 1. The molecule has 0 radical (unpaired) electrons. The van der Waals surface area contributed by atoms with Gasteiger partial charge in [0, 0.05) is 25.1 Å². The normalized spacial score (nSPS) is 13.5. The van der Waals surface area contributed by atoms with Gasteiger partial charge in [-0.25, -0.2) is 0 Å². The first kappa shape index (κ1) is 26.6. The van der Waals surface area contributed by atoms with Crippen molar-refractivity contribution in [1.29, 1.82) is 0 Å². The topological polar surface area (TPSA) is 20.3 Å². The first-order chi connectivity index (χ1) is 12.5. The van der Waals surface area contributed by atoms with Gasteiger partial charge in [-0.05, 0) is 26.2 Å². The van der Waals surface area contributed by atoms with E-state index in [4.69, 9.17) is 0 Å². The number of hydrogen-bond acceptors (Lipinski definition) is 1. The van der Waals surface area contributed by atoms with E-state index < -0.39 is 36.8 Å². The van der Waals surface area contributed by atoms with Crippen molar-refractivity contribution in [2.24, 2.45) is 0 Å². The number of hydrogen-bond donors (Lipinski definition) is 0. The zero-order valence-electron chi connectivity index (χ0n) is 15.6. The third kappa shape index (κ3) is 6.30. The zero-order chi connectivity index (χ0) is 22.4. The molecule has 0 saturated heterocycles. The number of carbonyl (C=O) groups is 1. The van der Waals surface area contributed by atoms with Gasteiger partial charge in [0.15, 0.2) is 0 Å². The van der Waals surface area contributed by atoms with Crippen LogP contribution in [0.5, 0.6) is 0 Å². The molecule has 0 aromatic rings. The van der Waals surface area contributed by atoms with Crippen LogP contribution in [0.4, 0.5) is 39.5 Å². The molecule has 0 aliphatic heterocycles. The van der Waals surface area contributed by atoms with Gasteiger partial charge in [-0.2, -0.15) is 39.5 Å². The maximum atomic E-state index is 13.4. The van der Waals surface area contributed by atoms with E-state index in [1.807, 2.05) is 6.92 Å². The molecule has 0 aromatic carbocycles. The molecule has 0 rings (SSSR count).